The van der Waals surface area contributed by atoms with Gasteiger partial charge in [0, 0.05) is 12.2 Å². The summed E-state index contributed by atoms with van der Waals surface area (Å²) in [5, 5.41) is 3.01. The Bertz CT molecular complexity index is 402. The van der Waals surface area contributed by atoms with Crippen molar-refractivity contribution in [3.8, 4) is 0 Å². The van der Waals surface area contributed by atoms with E-state index >= 15 is 0 Å². The van der Waals surface area contributed by atoms with E-state index < -0.39 is 0 Å². The number of para-hydroxylation sites is 1. The summed E-state index contributed by atoms with van der Waals surface area (Å²) in [6.07, 6.45) is 2.14. The van der Waals surface area contributed by atoms with Gasteiger partial charge in [-0.15, -0.1) is 0 Å². The van der Waals surface area contributed by atoms with Crippen LogP contribution in [0, 0.1) is 0 Å². The molecule has 1 saturated heterocycles. The molecule has 3 rings (SSSR count). The van der Waals surface area contributed by atoms with Crippen molar-refractivity contribution in [3.63, 3.8) is 0 Å². The lowest BCUT2D eigenvalue weighted by Gasteiger charge is -2.19. The molecule has 1 N–H and O–H groups in total. The van der Waals surface area contributed by atoms with Crippen molar-refractivity contribution in [2.75, 3.05) is 11.9 Å². The van der Waals surface area contributed by atoms with Crippen molar-refractivity contribution in [2.24, 2.45) is 0 Å². The highest BCUT2D eigenvalue weighted by Crippen LogP contribution is 2.28. The molecule has 1 atom stereocenters. The molecule has 0 aliphatic carbocycles. The summed E-state index contributed by atoms with van der Waals surface area (Å²) in [7, 11) is 0. The van der Waals surface area contributed by atoms with E-state index in [1.54, 1.807) is 0 Å². The Morgan fingerprint density at radius 3 is 3.13 bits per heavy atom. The quantitative estimate of drug-likeness (QED) is 0.693. The molecule has 0 unspecified atom stereocenters. The smallest absolute Gasteiger partial charge is 0.241 e. The van der Waals surface area contributed by atoms with Crippen molar-refractivity contribution in [3.05, 3.63) is 29.8 Å². The number of fused-ring (bicyclic) bond motifs is 2. The lowest BCUT2D eigenvalue weighted by Crippen LogP contribution is -2.36. The minimum atomic E-state index is 0.0948. The third kappa shape index (κ3) is 1.43. The van der Waals surface area contributed by atoms with Crippen molar-refractivity contribution in [2.45, 2.75) is 25.4 Å². The molecule has 1 aromatic carbocycles. The number of nitrogens with zero attached hydrogens (tertiary/aromatic N) is 1. The first kappa shape index (κ1) is 8.92. The normalized spacial score (nSPS) is 25.3. The Labute approximate surface area is 89.1 Å². The number of carbonyl (C=O) groups is 1. The van der Waals surface area contributed by atoms with Gasteiger partial charge in [-0.1, -0.05) is 18.2 Å². The Hall–Kier alpha value is -1.35. The lowest BCUT2D eigenvalue weighted by atomic mass is 10.2. The molecule has 3 nitrogen and oxygen atoms in total. The number of anilines is 1. The lowest BCUT2D eigenvalue weighted by molar-refractivity contribution is -0.120. The van der Waals surface area contributed by atoms with Gasteiger partial charge in [0.15, 0.2) is 0 Å². The third-order valence-corrected chi connectivity index (χ3v) is 3.31. The largest absolute Gasteiger partial charge is 0.324 e. The molecular weight excluding hydrogens is 188 g/mol. The SMILES string of the molecule is O=C1Nc2ccccc2CN2CCC[C@@H]12. The van der Waals surface area contributed by atoms with Gasteiger partial charge in [-0.2, -0.15) is 0 Å². The van der Waals surface area contributed by atoms with Crippen LogP contribution in [0.5, 0.6) is 0 Å². The number of benzene rings is 1. The first-order chi connectivity index (χ1) is 7.34. The van der Waals surface area contributed by atoms with Crippen LogP contribution >= 0.6 is 0 Å². The van der Waals surface area contributed by atoms with Gasteiger partial charge in [0.2, 0.25) is 5.91 Å². The zero-order chi connectivity index (χ0) is 10.3. The highest BCUT2D eigenvalue weighted by molar-refractivity contribution is 5.96. The van der Waals surface area contributed by atoms with Crippen LogP contribution in [0.3, 0.4) is 0 Å². The zero-order valence-electron chi connectivity index (χ0n) is 8.57. The Morgan fingerprint density at radius 1 is 1.33 bits per heavy atom. The van der Waals surface area contributed by atoms with Gasteiger partial charge in [0.25, 0.3) is 0 Å². The molecular formula is C12H14N2O. The molecule has 0 radical (unpaired) electrons. The average Bonchev–Trinajstić information content (AvgIpc) is 2.64. The number of nitrogens with one attached hydrogen (secondary N) is 1. The minimum Gasteiger partial charge on any atom is -0.324 e. The first-order valence-electron chi connectivity index (χ1n) is 5.47. The fourth-order valence-electron chi connectivity index (χ4n) is 2.53. The molecule has 1 amide bonds. The van der Waals surface area contributed by atoms with E-state index in [9.17, 15) is 4.79 Å². The van der Waals surface area contributed by atoms with Crippen LogP contribution in [0.25, 0.3) is 0 Å². The fourth-order valence-corrected chi connectivity index (χ4v) is 2.53. The summed E-state index contributed by atoms with van der Waals surface area (Å²) in [6.45, 7) is 1.95. The van der Waals surface area contributed by atoms with Crippen molar-refractivity contribution >= 4 is 11.6 Å². The maximum absolute atomic E-state index is 11.9. The summed E-state index contributed by atoms with van der Waals surface area (Å²) in [4.78, 5) is 14.2. The predicted molar refractivity (Wildman–Crippen MR) is 58.5 cm³/mol. The van der Waals surface area contributed by atoms with Crippen molar-refractivity contribution in [1.29, 1.82) is 0 Å². The van der Waals surface area contributed by atoms with Gasteiger partial charge in [0.1, 0.15) is 0 Å². The zero-order valence-corrected chi connectivity index (χ0v) is 8.57. The fraction of sp³-hybridized carbons (Fsp3) is 0.417. The number of rotatable bonds is 0. The van der Waals surface area contributed by atoms with E-state index in [1.165, 1.54) is 5.56 Å². The van der Waals surface area contributed by atoms with E-state index in [-0.39, 0.29) is 11.9 Å². The molecule has 0 saturated carbocycles. The number of carbonyl (C=O) groups excluding carboxylic acids is 1. The molecule has 2 heterocycles. The molecule has 0 aromatic heterocycles. The van der Waals surface area contributed by atoms with E-state index in [4.69, 9.17) is 0 Å². The van der Waals surface area contributed by atoms with Crippen LogP contribution in [0.2, 0.25) is 0 Å². The Kier molecular flexibility index (Phi) is 1.99. The summed E-state index contributed by atoms with van der Waals surface area (Å²) in [5.74, 6) is 0.164. The monoisotopic (exact) mass is 202 g/mol. The highest BCUT2D eigenvalue weighted by Gasteiger charge is 2.33. The van der Waals surface area contributed by atoms with Crippen LogP contribution in [0.4, 0.5) is 5.69 Å². The van der Waals surface area contributed by atoms with Gasteiger partial charge >= 0.3 is 0 Å². The number of hydrogen-bond donors (Lipinski definition) is 1. The molecule has 1 fully saturated rings. The summed E-state index contributed by atoms with van der Waals surface area (Å²) >= 11 is 0. The molecule has 0 spiro atoms. The molecule has 0 bridgehead atoms. The van der Waals surface area contributed by atoms with E-state index in [1.807, 2.05) is 18.2 Å². The van der Waals surface area contributed by atoms with Crippen molar-refractivity contribution in [1.82, 2.24) is 4.90 Å². The molecule has 1 aromatic rings. The standard InChI is InChI=1S/C12H14N2O/c15-12-11-6-3-7-14(11)8-9-4-1-2-5-10(9)13-12/h1-2,4-5,11H,3,6-8H2,(H,13,15)/t11-/m0/s1. The predicted octanol–water partition coefficient (Wildman–Crippen LogP) is 1.60. The number of hydrogen-bond acceptors (Lipinski definition) is 2. The van der Waals surface area contributed by atoms with E-state index in [0.29, 0.717) is 0 Å². The second kappa shape index (κ2) is 3.35. The first-order valence-corrected chi connectivity index (χ1v) is 5.47. The number of amides is 1. The third-order valence-electron chi connectivity index (χ3n) is 3.31. The van der Waals surface area contributed by atoms with Gasteiger partial charge in [-0.05, 0) is 31.0 Å². The van der Waals surface area contributed by atoms with Gasteiger partial charge in [0.05, 0.1) is 6.04 Å². The van der Waals surface area contributed by atoms with E-state index in [2.05, 4.69) is 16.3 Å². The molecule has 2 aliphatic heterocycles. The summed E-state index contributed by atoms with van der Waals surface area (Å²) in [6, 6.07) is 8.17. The molecule has 3 heteroatoms. The average molecular weight is 202 g/mol. The van der Waals surface area contributed by atoms with Crippen LogP contribution in [-0.2, 0) is 11.3 Å². The Balaban J connectivity index is 2.00. The summed E-state index contributed by atoms with van der Waals surface area (Å²) < 4.78 is 0. The molecule has 78 valence electrons. The van der Waals surface area contributed by atoms with Crippen molar-refractivity contribution < 1.29 is 4.79 Å². The molecule has 15 heavy (non-hydrogen) atoms. The van der Waals surface area contributed by atoms with Crippen LogP contribution in [-0.4, -0.2) is 23.4 Å². The maximum atomic E-state index is 11.9. The second-order valence-corrected chi connectivity index (χ2v) is 4.27. The maximum Gasteiger partial charge on any atom is 0.241 e. The van der Waals surface area contributed by atoms with Crippen LogP contribution in [0.15, 0.2) is 24.3 Å². The van der Waals surface area contributed by atoms with Gasteiger partial charge in [-0.3, -0.25) is 9.69 Å². The minimum absolute atomic E-state index is 0.0948. The highest BCUT2D eigenvalue weighted by atomic mass is 16.2. The second-order valence-electron chi connectivity index (χ2n) is 4.27. The van der Waals surface area contributed by atoms with Gasteiger partial charge < -0.3 is 5.32 Å². The summed E-state index contributed by atoms with van der Waals surface area (Å²) in [5.41, 5.74) is 2.21. The topological polar surface area (TPSA) is 32.3 Å². The van der Waals surface area contributed by atoms with E-state index in [0.717, 1.165) is 31.6 Å². The van der Waals surface area contributed by atoms with Gasteiger partial charge in [-0.25, -0.2) is 0 Å². The Morgan fingerprint density at radius 2 is 2.20 bits per heavy atom. The van der Waals surface area contributed by atoms with Crippen LogP contribution < -0.4 is 5.32 Å². The van der Waals surface area contributed by atoms with Crippen LogP contribution in [0.1, 0.15) is 18.4 Å². The molecule has 2 aliphatic rings.